The van der Waals surface area contributed by atoms with E-state index in [9.17, 15) is 14.6 Å². The molecule has 0 bridgehead atoms. The quantitative estimate of drug-likeness (QED) is 0.663. The lowest BCUT2D eigenvalue weighted by molar-refractivity contribution is 0.0221. The molecule has 0 amide bonds. The van der Waals surface area contributed by atoms with E-state index in [1.165, 1.54) is 12.1 Å². The first-order valence-corrected chi connectivity index (χ1v) is 4.38. The van der Waals surface area contributed by atoms with Crippen LogP contribution in [-0.4, -0.2) is 22.9 Å². The summed E-state index contributed by atoms with van der Waals surface area (Å²) in [5, 5.41) is 18.8. The van der Waals surface area contributed by atoms with Gasteiger partial charge in [0.2, 0.25) is 0 Å². The lowest BCUT2D eigenvalue weighted by atomic mass is 10.0. The van der Waals surface area contributed by atoms with E-state index in [1.54, 1.807) is 13.0 Å². The molecule has 2 atom stereocenters. The molecule has 4 heteroatoms. The minimum absolute atomic E-state index is 0.0861. The molecular formula is C10H14FNO2. The van der Waals surface area contributed by atoms with Gasteiger partial charge in [-0.25, -0.2) is 4.39 Å². The zero-order chi connectivity index (χ0) is 10.7. The summed E-state index contributed by atoms with van der Waals surface area (Å²) in [5.41, 5.74) is 6.08. The summed E-state index contributed by atoms with van der Waals surface area (Å²) in [5.74, 6) is -0.532. The highest BCUT2D eigenvalue weighted by molar-refractivity contribution is 5.26. The predicted octanol–water partition coefficient (Wildman–Crippen LogP) is 0.487. The molecule has 78 valence electrons. The van der Waals surface area contributed by atoms with E-state index in [2.05, 4.69) is 0 Å². The zero-order valence-corrected chi connectivity index (χ0v) is 7.94. The van der Waals surface area contributed by atoms with E-state index >= 15 is 0 Å². The van der Waals surface area contributed by atoms with Crippen molar-refractivity contribution in [1.82, 2.24) is 0 Å². The molecule has 4 N–H and O–H groups in total. The molecule has 1 aromatic rings. The van der Waals surface area contributed by atoms with Crippen molar-refractivity contribution in [3.8, 4) is 0 Å². The molecule has 0 radical (unpaired) electrons. The maximum absolute atomic E-state index is 13.2. The van der Waals surface area contributed by atoms with Crippen LogP contribution in [0.15, 0.2) is 18.2 Å². The Bertz CT molecular complexity index is 317. The molecule has 0 aliphatic heterocycles. The molecule has 0 heterocycles. The Morgan fingerprint density at radius 3 is 2.64 bits per heavy atom. The predicted molar refractivity (Wildman–Crippen MR) is 51.2 cm³/mol. The van der Waals surface area contributed by atoms with Crippen molar-refractivity contribution in [2.24, 2.45) is 5.73 Å². The van der Waals surface area contributed by atoms with Gasteiger partial charge < -0.3 is 15.9 Å². The highest BCUT2D eigenvalue weighted by Gasteiger charge is 2.20. The van der Waals surface area contributed by atoms with Crippen molar-refractivity contribution in [3.63, 3.8) is 0 Å². The first kappa shape index (κ1) is 11.1. The molecule has 14 heavy (non-hydrogen) atoms. The fraction of sp³-hybridized carbons (Fsp3) is 0.400. The largest absolute Gasteiger partial charge is 0.389 e. The molecule has 0 fully saturated rings. The Balaban J connectivity index is 2.99. The van der Waals surface area contributed by atoms with Gasteiger partial charge in [-0.05, 0) is 13.0 Å². The number of aliphatic hydroxyl groups is 2. The van der Waals surface area contributed by atoms with Crippen LogP contribution in [-0.2, 0) is 0 Å². The minimum Gasteiger partial charge on any atom is -0.389 e. The SMILES string of the molecule is Cc1ccc(F)c(C(O)C(O)CN)c1. The van der Waals surface area contributed by atoms with E-state index in [1.807, 2.05) is 0 Å². The molecule has 0 saturated carbocycles. The van der Waals surface area contributed by atoms with E-state index < -0.39 is 18.0 Å². The molecule has 1 aromatic carbocycles. The average molecular weight is 199 g/mol. The van der Waals surface area contributed by atoms with Crippen molar-refractivity contribution in [2.75, 3.05) is 6.54 Å². The second kappa shape index (κ2) is 4.50. The number of hydrogen-bond donors (Lipinski definition) is 3. The van der Waals surface area contributed by atoms with Crippen molar-refractivity contribution >= 4 is 0 Å². The minimum atomic E-state index is -1.26. The summed E-state index contributed by atoms with van der Waals surface area (Å²) >= 11 is 0. The van der Waals surface area contributed by atoms with Gasteiger partial charge in [-0.3, -0.25) is 0 Å². The fourth-order valence-corrected chi connectivity index (χ4v) is 1.23. The van der Waals surface area contributed by atoms with Crippen LogP contribution >= 0.6 is 0 Å². The monoisotopic (exact) mass is 199 g/mol. The second-order valence-corrected chi connectivity index (χ2v) is 3.27. The maximum Gasteiger partial charge on any atom is 0.129 e. The third kappa shape index (κ3) is 2.29. The van der Waals surface area contributed by atoms with E-state index in [0.29, 0.717) is 0 Å². The van der Waals surface area contributed by atoms with Crippen molar-refractivity contribution < 1.29 is 14.6 Å². The highest BCUT2D eigenvalue weighted by Crippen LogP contribution is 2.20. The summed E-state index contributed by atoms with van der Waals surface area (Å²) in [6.45, 7) is 1.68. The number of rotatable bonds is 3. The molecule has 0 aliphatic rings. The van der Waals surface area contributed by atoms with Crippen molar-refractivity contribution in [2.45, 2.75) is 19.1 Å². The Hall–Kier alpha value is -0.970. The summed E-state index contributed by atoms with van der Waals surface area (Å²) in [4.78, 5) is 0. The summed E-state index contributed by atoms with van der Waals surface area (Å²) in [6.07, 6.45) is -2.40. The third-order valence-corrected chi connectivity index (χ3v) is 2.08. The Morgan fingerprint density at radius 1 is 1.43 bits per heavy atom. The van der Waals surface area contributed by atoms with Gasteiger partial charge in [-0.1, -0.05) is 17.7 Å². The first-order chi connectivity index (χ1) is 6.56. The van der Waals surface area contributed by atoms with Gasteiger partial charge in [0.25, 0.3) is 0 Å². The van der Waals surface area contributed by atoms with Gasteiger partial charge in [0.1, 0.15) is 11.9 Å². The highest BCUT2D eigenvalue weighted by atomic mass is 19.1. The van der Waals surface area contributed by atoms with E-state index in [4.69, 9.17) is 5.73 Å². The van der Waals surface area contributed by atoms with Crippen LogP contribution in [0, 0.1) is 12.7 Å². The van der Waals surface area contributed by atoms with Gasteiger partial charge in [0, 0.05) is 12.1 Å². The van der Waals surface area contributed by atoms with Crippen LogP contribution in [0.2, 0.25) is 0 Å². The summed E-state index contributed by atoms with van der Waals surface area (Å²) in [6, 6.07) is 4.36. The topological polar surface area (TPSA) is 66.5 Å². The van der Waals surface area contributed by atoms with Crippen LogP contribution in [0.4, 0.5) is 4.39 Å². The molecule has 2 unspecified atom stereocenters. The van der Waals surface area contributed by atoms with Gasteiger partial charge in [-0.15, -0.1) is 0 Å². The molecule has 3 nitrogen and oxygen atoms in total. The third-order valence-electron chi connectivity index (χ3n) is 2.08. The Labute approximate surface area is 82.0 Å². The molecule has 0 spiro atoms. The van der Waals surface area contributed by atoms with Gasteiger partial charge in [0.15, 0.2) is 0 Å². The zero-order valence-electron chi connectivity index (χ0n) is 7.94. The second-order valence-electron chi connectivity index (χ2n) is 3.27. The van der Waals surface area contributed by atoms with Gasteiger partial charge >= 0.3 is 0 Å². The molecule has 1 rings (SSSR count). The Kier molecular flexibility index (Phi) is 3.57. The molecule has 0 saturated heterocycles. The summed E-state index contributed by atoms with van der Waals surface area (Å²) in [7, 11) is 0. The number of nitrogens with two attached hydrogens (primary N) is 1. The van der Waals surface area contributed by atoms with Gasteiger partial charge in [0.05, 0.1) is 6.10 Å². The van der Waals surface area contributed by atoms with Gasteiger partial charge in [-0.2, -0.15) is 0 Å². The van der Waals surface area contributed by atoms with E-state index in [0.717, 1.165) is 5.56 Å². The summed E-state index contributed by atoms with van der Waals surface area (Å²) < 4.78 is 13.2. The Morgan fingerprint density at radius 2 is 2.07 bits per heavy atom. The van der Waals surface area contributed by atoms with Crippen LogP contribution < -0.4 is 5.73 Å². The first-order valence-electron chi connectivity index (χ1n) is 4.38. The fourth-order valence-electron chi connectivity index (χ4n) is 1.23. The standard InChI is InChI=1S/C10H14FNO2/c1-6-2-3-8(11)7(4-6)10(14)9(13)5-12/h2-4,9-10,13-14H,5,12H2,1H3. The average Bonchev–Trinajstić information content (AvgIpc) is 2.19. The molecule has 0 aliphatic carbocycles. The van der Waals surface area contributed by atoms with Crippen molar-refractivity contribution in [3.05, 3.63) is 35.1 Å². The van der Waals surface area contributed by atoms with E-state index in [-0.39, 0.29) is 12.1 Å². The van der Waals surface area contributed by atoms with Crippen LogP contribution in [0.1, 0.15) is 17.2 Å². The number of aryl methyl sites for hydroxylation is 1. The van der Waals surface area contributed by atoms with Crippen molar-refractivity contribution in [1.29, 1.82) is 0 Å². The molecular weight excluding hydrogens is 185 g/mol. The number of hydrogen-bond acceptors (Lipinski definition) is 3. The maximum atomic E-state index is 13.2. The lowest BCUT2D eigenvalue weighted by Crippen LogP contribution is -2.27. The van der Waals surface area contributed by atoms with Crippen LogP contribution in [0.3, 0.4) is 0 Å². The number of aliphatic hydroxyl groups excluding tert-OH is 2. The number of benzene rings is 1. The number of halogens is 1. The molecule has 0 aromatic heterocycles. The smallest absolute Gasteiger partial charge is 0.129 e. The lowest BCUT2D eigenvalue weighted by Gasteiger charge is -2.17. The normalized spacial score (nSPS) is 15.2. The van der Waals surface area contributed by atoms with Crippen LogP contribution in [0.25, 0.3) is 0 Å². The van der Waals surface area contributed by atoms with Crippen LogP contribution in [0.5, 0.6) is 0 Å².